The van der Waals surface area contributed by atoms with Crippen LogP contribution in [0.2, 0.25) is 0 Å². The van der Waals surface area contributed by atoms with Crippen molar-refractivity contribution in [2.75, 3.05) is 7.11 Å². The highest BCUT2D eigenvalue weighted by atomic mass is 16.5. The number of carbonyl (C=O) groups excluding carboxylic acids is 1. The van der Waals surface area contributed by atoms with Crippen LogP contribution in [0.15, 0.2) is 29.1 Å². The molecule has 0 aliphatic rings. The molecule has 4 heteroatoms. The van der Waals surface area contributed by atoms with Crippen LogP contribution in [-0.4, -0.2) is 17.6 Å². The predicted octanol–water partition coefficient (Wildman–Crippen LogP) is 2.35. The number of benzene rings is 1. The fourth-order valence-electron chi connectivity index (χ4n) is 2.40. The minimum Gasteiger partial charge on any atom is -0.467 e. The molecule has 0 saturated heterocycles. The van der Waals surface area contributed by atoms with E-state index in [1.165, 1.54) is 11.7 Å². The van der Waals surface area contributed by atoms with E-state index >= 15 is 0 Å². The van der Waals surface area contributed by atoms with Crippen LogP contribution in [-0.2, 0) is 9.53 Å². The van der Waals surface area contributed by atoms with Crippen molar-refractivity contribution in [3.05, 3.63) is 45.7 Å². The molecule has 4 nitrogen and oxygen atoms in total. The summed E-state index contributed by atoms with van der Waals surface area (Å²) in [7, 11) is 1.33. The molecular weight excluding hydrogens is 242 g/mol. The lowest BCUT2D eigenvalue weighted by Gasteiger charge is -2.18. The molecule has 1 aromatic heterocycles. The molecule has 100 valence electrons. The SMILES string of the molecule is COC(=O)C(C)n1c(=O)cc(C)c2cccc(C)c21. The van der Waals surface area contributed by atoms with Gasteiger partial charge in [-0.1, -0.05) is 18.2 Å². The maximum Gasteiger partial charge on any atom is 0.328 e. The predicted molar refractivity (Wildman–Crippen MR) is 74.4 cm³/mol. The fourth-order valence-corrected chi connectivity index (χ4v) is 2.40. The van der Waals surface area contributed by atoms with Crippen molar-refractivity contribution in [2.45, 2.75) is 26.8 Å². The molecule has 0 bridgehead atoms. The maximum absolute atomic E-state index is 12.2. The lowest BCUT2D eigenvalue weighted by Crippen LogP contribution is -2.29. The molecule has 2 rings (SSSR count). The molecule has 2 aromatic rings. The zero-order valence-electron chi connectivity index (χ0n) is 11.6. The second-order valence-corrected chi connectivity index (χ2v) is 4.71. The van der Waals surface area contributed by atoms with Gasteiger partial charge in [-0.15, -0.1) is 0 Å². The summed E-state index contributed by atoms with van der Waals surface area (Å²) in [5, 5.41) is 0.982. The smallest absolute Gasteiger partial charge is 0.328 e. The Morgan fingerprint density at radius 3 is 2.58 bits per heavy atom. The molecule has 1 aromatic carbocycles. The summed E-state index contributed by atoms with van der Waals surface area (Å²) in [4.78, 5) is 23.9. The second kappa shape index (κ2) is 4.88. The number of ether oxygens (including phenoxy) is 1. The van der Waals surface area contributed by atoms with Gasteiger partial charge in [0, 0.05) is 11.5 Å². The molecule has 0 aliphatic heterocycles. The summed E-state index contributed by atoms with van der Waals surface area (Å²) < 4.78 is 6.25. The Kier molecular flexibility index (Phi) is 3.42. The Labute approximate surface area is 111 Å². The van der Waals surface area contributed by atoms with Gasteiger partial charge in [0.05, 0.1) is 12.6 Å². The van der Waals surface area contributed by atoms with Gasteiger partial charge in [-0.25, -0.2) is 4.79 Å². The first-order valence-electron chi connectivity index (χ1n) is 6.16. The number of nitrogens with zero attached hydrogens (tertiary/aromatic N) is 1. The zero-order valence-corrected chi connectivity index (χ0v) is 11.6. The zero-order chi connectivity index (χ0) is 14.2. The van der Waals surface area contributed by atoms with Crippen LogP contribution in [0.4, 0.5) is 0 Å². The van der Waals surface area contributed by atoms with Gasteiger partial charge in [-0.3, -0.25) is 9.36 Å². The number of aryl methyl sites for hydroxylation is 2. The Morgan fingerprint density at radius 2 is 1.95 bits per heavy atom. The van der Waals surface area contributed by atoms with Crippen molar-refractivity contribution >= 4 is 16.9 Å². The molecule has 1 heterocycles. The molecule has 19 heavy (non-hydrogen) atoms. The highest BCUT2D eigenvalue weighted by molar-refractivity contribution is 5.87. The topological polar surface area (TPSA) is 48.3 Å². The lowest BCUT2D eigenvalue weighted by molar-refractivity contribution is -0.144. The maximum atomic E-state index is 12.2. The number of pyridine rings is 1. The van der Waals surface area contributed by atoms with Crippen LogP contribution >= 0.6 is 0 Å². The lowest BCUT2D eigenvalue weighted by atomic mass is 10.1. The van der Waals surface area contributed by atoms with Crippen molar-refractivity contribution < 1.29 is 9.53 Å². The van der Waals surface area contributed by atoms with E-state index in [-0.39, 0.29) is 5.56 Å². The van der Waals surface area contributed by atoms with Crippen LogP contribution in [0.5, 0.6) is 0 Å². The summed E-state index contributed by atoms with van der Waals surface area (Å²) in [5.41, 5.74) is 2.49. The largest absolute Gasteiger partial charge is 0.467 e. The van der Waals surface area contributed by atoms with Crippen molar-refractivity contribution in [2.24, 2.45) is 0 Å². The van der Waals surface area contributed by atoms with E-state index in [1.54, 1.807) is 13.0 Å². The second-order valence-electron chi connectivity index (χ2n) is 4.71. The third-order valence-electron chi connectivity index (χ3n) is 3.41. The molecule has 0 aliphatic carbocycles. The van der Waals surface area contributed by atoms with Crippen molar-refractivity contribution in [3.8, 4) is 0 Å². The Hall–Kier alpha value is -2.10. The summed E-state index contributed by atoms with van der Waals surface area (Å²) in [6.45, 7) is 5.51. The van der Waals surface area contributed by atoms with Crippen LogP contribution in [0.1, 0.15) is 24.1 Å². The number of rotatable bonds is 2. The molecular formula is C15H17NO3. The number of fused-ring (bicyclic) bond motifs is 1. The summed E-state index contributed by atoms with van der Waals surface area (Å²) >= 11 is 0. The average Bonchev–Trinajstić information content (AvgIpc) is 2.38. The molecule has 0 saturated carbocycles. The van der Waals surface area contributed by atoms with Crippen LogP contribution < -0.4 is 5.56 Å². The van der Waals surface area contributed by atoms with Crippen molar-refractivity contribution in [1.29, 1.82) is 0 Å². The Balaban J connectivity index is 2.87. The van der Waals surface area contributed by atoms with Gasteiger partial charge in [0.2, 0.25) is 0 Å². The monoisotopic (exact) mass is 259 g/mol. The summed E-state index contributed by atoms with van der Waals surface area (Å²) in [6, 6.07) is 6.75. The number of esters is 1. The number of methoxy groups -OCH3 is 1. The fraction of sp³-hybridized carbons (Fsp3) is 0.333. The third-order valence-corrected chi connectivity index (χ3v) is 3.41. The third kappa shape index (κ3) is 2.14. The highest BCUT2D eigenvalue weighted by Crippen LogP contribution is 2.23. The van der Waals surface area contributed by atoms with E-state index in [9.17, 15) is 9.59 Å². The van der Waals surface area contributed by atoms with Crippen LogP contribution in [0.25, 0.3) is 10.9 Å². The van der Waals surface area contributed by atoms with E-state index in [2.05, 4.69) is 0 Å². The summed E-state index contributed by atoms with van der Waals surface area (Å²) in [6.07, 6.45) is 0. The number of hydrogen-bond acceptors (Lipinski definition) is 3. The number of hydrogen-bond donors (Lipinski definition) is 0. The molecule has 1 unspecified atom stereocenters. The number of carbonyl (C=O) groups is 1. The first-order valence-corrected chi connectivity index (χ1v) is 6.16. The normalized spacial score (nSPS) is 12.4. The summed E-state index contributed by atoms with van der Waals surface area (Å²) in [5.74, 6) is -0.421. The van der Waals surface area contributed by atoms with E-state index in [1.807, 2.05) is 32.0 Å². The van der Waals surface area contributed by atoms with Gasteiger partial charge in [0.25, 0.3) is 5.56 Å². The average molecular weight is 259 g/mol. The Morgan fingerprint density at radius 1 is 1.26 bits per heavy atom. The molecule has 0 amide bonds. The quantitative estimate of drug-likeness (QED) is 0.778. The van der Waals surface area contributed by atoms with E-state index < -0.39 is 12.0 Å². The first-order chi connectivity index (χ1) is 8.97. The first kappa shape index (κ1) is 13.3. The van der Waals surface area contributed by atoms with Crippen LogP contribution in [0.3, 0.4) is 0 Å². The molecule has 0 spiro atoms. The number of aromatic nitrogens is 1. The highest BCUT2D eigenvalue weighted by Gasteiger charge is 2.20. The molecule has 1 atom stereocenters. The standard InChI is InChI=1S/C15H17NO3/c1-9-6-5-7-12-10(2)8-13(17)16(14(9)12)11(3)15(18)19-4/h5-8,11H,1-4H3. The van der Waals surface area contributed by atoms with Gasteiger partial charge < -0.3 is 4.74 Å². The van der Waals surface area contributed by atoms with Gasteiger partial charge in [0.1, 0.15) is 6.04 Å². The van der Waals surface area contributed by atoms with E-state index in [0.717, 1.165) is 22.0 Å². The van der Waals surface area contributed by atoms with Gasteiger partial charge in [-0.2, -0.15) is 0 Å². The Bertz CT molecular complexity index is 700. The minimum atomic E-state index is -0.637. The number of para-hydroxylation sites is 1. The van der Waals surface area contributed by atoms with Crippen LogP contribution in [0, 0.1) is 13.8 Å². The van der Waals surface area contributed by atoms with Crippen molar-refractivity contribution in [1.82, 2.24) is 4.57 Å². The van der Waals surface area contributed by atoms with Gasteiger partial charge >= 0.3 is 5.97 Å². The van der Waals surface area contributed by atoms with Gasteiger partial charge in [-0.05, 0) is 31.9 Å². The molecule has 0 fully saturated rings. The minimum absolute atomic E-state index is 0.183. The van der Waals surface area contributed by atoms with Crippen molar-refractivity contribution in [3.63, 3.8) is 0 Å². The molecule has 0 radical (unpaired) electrons. The molecule has 0 N–H and O–H groups in total. The van der Waals surface area contributed by atoms with E-state index in [4.69, 9.17) is 4.74 Å². The van der Waals surface area contributed by atoms with E-state index in [0.29, 0.717) is 0 Å². The van der Waals surface area contributed by atoms with Gasteiger partial charge in [0.15, 0.2) is 0 Å².